The van der Waals surface area contributed by atoms with Gasteiger partial charge in [-0.15, -0.1) is 0 Å². The Kier molecular flexibility index (Phi) is 2.14. The van der Waals surface area contributed by atoms with Gasteiger partial charge in [0.05, 0.1) is 6.54 Å². The average molecular weight is 142 g/mol. The van der Waals surface area contributed by atoms with Crippen molar-refractivity contribution in [3.8, 4) is 0 Å². The first-order chi connectivity index (χ1) is 4.68. The molecule has 1 aliphatic heterocycles. The Morgan fingerprint density at radius 1 is 1.80 bits per heavy atom. The molecule has 0 bridgehead atoms. The molecule has 0 saturated heterocycles. The number of amidine groups is 1. The molecule has 0 aromatic carbocycles. The third-order valence-corrected chi connectivity index (χ3v) is 1.47. The Bertz CT molecular complexity index is 143. The van der Waals surface area contributed by atoms with Crippen molar-refractivity contribution in [2.45, 2.75) is 26.4 Å². The molecule has 2 N–H and O–H groups in total. The standard InChI is InChI=1S/C7H14N2O/c1-5(2)3-6-4-9-7(8)10-6/h5-6H,3-4H2,1-2H3,(H2,8,9). The summed E-state index contributed by atoms with van der Waals surface area (Å²) in [5.74, 6) is 0.658. The van der Waals surface area contributed by atoms with E-state index in [1.165, 1.54) is 0 Å². The first-order valence-electron chi connectivity index (χ1n) is 3.65. The van der Waals surface area contributed by atoms with Crippen LogP contribution in [0.4, 0.5) is 0 Å². The Morgan fingerprint density at radius 2 is 2.50 bits per heavy atom. The fourth-order valence-corrected chi connectivity index (χ4v) is 1.09. The highest BCUT2D eigenvalue weighted by Crippen LogP contribution is 2.12. The number of hydrogen-bond acceptors (Lipinski definition) is 3. The number of rotatable bonds is 2. The highest BCUT2D eigenvalue weighted by Gasteiger charge is 2.17. The van der Waals surface area contributed by atoms with Crippen LogP contribution in [0, 0.1) is 5.92 Å². The van der Waals surface area contributed by atoms with Crippen molar-refractivity contribution < 1.29 is 4.74 Å². The van der Waals surface area contributed by atoms with Gasteiger partial charge in [0.1, 0.15) is 6.10 Å². The van der Waals surface area contributed by atoms with Crippen LogP contribution in [0.2, 0.25) is 0 Å². The van der Waals surface area contributed by atoms with Crippen molar-refractivity contribution in [1.29, 1.82) is 0 Å². The quantitative estimate of drug-likeness (QED) is 0.618. The van der Waals surface area contributed by atoms with Crippen molar-refractivity contribution in [2.24, 2.45) is 16.6 Å². The van der Waals surface area contributed by atoms with Crippen LogP contribution in [-0.4, -0.2) is 18.7 Å². The molecule has 10 heavy (non-hydrogen) atoms. The molecule has 3 nitrogen and oxygen atoms in total. The fraction of sp³-hybridized carbons (Fsp3) is 0.857. The van der Waals surface area contributed by atoms with Gasteiger partial charge in [-0.3, -0.25) is 0 Å². The second-order valence-electron chi connectivity index (χ2n) is 3.05. The molecule has 1 rings (SSSR count). The van der Waals surface area contributed by atoms with Gasteiger partial charge in [-0.1, -0.05) is 13.8 Å². The van der Waals surface area contributed by atoms with Gasteiger partial charge in [0.15, 0.2) is 0 Å². The molecule has 1 aliphatic rings. The number of ether oxygens (including phenoxy) is 1. The van der Waals surface area contributed by atoms with Crippen LogP contribution in [0.3, 0.4) is 0 Å². The van der Waals surface area contributed by atoms with Gasteiger partial charge < -0.3 is 10.5 Å². The predicted octanol–water partition coefficient (Wildman–Crippen LogP) is 0.746. The van der Waals surface area contributed by atoms with E-state index in [0.29, 0.717) is 11.9 Å². The lowest BCUT2D eigenvalue weighted by atomic mass is 10.1. The van der Waals surface area contributed by atoms with E-state index in [1.54, 1.807) is 0 Å². The van der Waals surface area contributed by atoms with E-state index in [2.05, 4.69) is 18.8 Å². The van der Waals surface area contributed by atoms with Gasteiger partial charge in [0.25, 0.3) is 6.02 Å². The molecule has 0 aromatic rings. The topological polar surface area (TPSA) is 47.6 Å². The van der Waals surface area contributed by atoms with Crippen LogP contribution in [0.25, 0.3) is 0 Å². The minimum atomic E-state index is 0.236. The Hall–Kier alpha value is -0.730. The largest absolute Gasteiger partial charge is 0.460 e. The fourth-order valence-electron chi connectivity index (χ4n) is 1.09. The second-order valence-corrected chi connectivity index (χ2v) is 3.05. The number of nitrogens with zero attached hydrogens (tertiary/aromatic N) is 1. The van der Waals surface area contributed by atoms with Crippen molar-refractivity contribution in [3.63, 3.8) is 0 Å². The SMILES string of the molecule is CC(C)CC1CN=C(N)O1. The molecular formula is C7H14N2O. The van der Waals surface area contributed by atoms with Gasteiger partial charge >= 0.3 is 0 Å². The number of hydrogen-bond donors (Lipinski definition) is 1. The summed E-state index contributed by atoms with van der Waals surface area (Å²) in [7, 11) is 0. The van der Waals surface area contributed by atoms with E-state index < -0.39 is 0 Å². The van der Waals surface area contributed by atoms with Crippen molar-refractivity contribution in [1.82, 2.24) is 0 Å². The van der Waals surface area contributed by atoms with Gasteiger partial charge in [-0.2, -0.15) is 0 Å². The summed E-state index contributed by atoms with van der Waals surface area (Å²) in [6.07, 6.45) is 1.28. The van der Waals surface area contributed by atoms with Crippen LogP contribution < -0.4 is 5.73 Å². The van der Waals surface area contributed by atoms with E-state index in [-0.39, 0.29) is 6.10 Å². The lowest BCUT2D eigenvalue weighted by Crippen LogP contribution is -2.19. The molecule has 0 fully saturated rings. The highest BCUT2D eigenvalue weighted by atomic mass is 16.5. The Labute approximate surface area is 61.3 Å². The molecule has 0 saturated carbocycles. The number of aliphatic imine (C=N–C) groups is 1. The lowest BCUT2D eigenvalue weighted by Gasteiger charge is -2.11. The van der Waals surface area contributed by atoms with Gasteiger partial charge in [-0.05, 0) is 12.3 Å². The Balaban J connectivity index is 2.23. The van der Waals surface area contributed by atoms with Crippen LogP contribution in [0.1, 0.15) is 20.3 Å². The molecule has 1 unspecified atom stereocenters. The molecule has 3 heteroatoms. The van der Waals surface area contributed by atoms with Crippen molar-refractivity contribution in [3.05, 3.63) is 0 Å². The van der Waals surface area contributed by atoms with Crippen LogP contribution >= 0.6 is 0 Å². The first-order valence-corrected chi connectivity index (χ1v) is 3.65. The predicted molar refractivity (Wildman–Crippen MR) is 40.8 cm³/mol. The molecule has 1 atom stereocenters. The average Bonchev–Trinajstić information content (AvgIpc) is 2.13. The van der Waals surface area contributed by atoms with E-state index in [0.717, 1.165) is 13.0 Å². The molecule has 58 valence electrons. The zero-order valence-electron chi connectivity index (χ0n) is 6.50. The van der Waals surface area contributed by atoms with Crippen LogP contribution in [0.5, 0.6) is 0 Å². The summed E-state index contributed by atoms with van der Waals surface area (Å²) < 4.78 is 5.20. The van der Waals surface area contributed by atoms with Crippen LogP contribution in [-0.2, 0) is 4.74 Å². The molecule has 0 aliphatic carbocycles. The van der Waals surface area contributed by atoms with E-state index in [9.17, 15) is 0 Å². The summed E-state index contributed by atoms with van der Waals surface area (Å²) in [5.41, 5.74) is 5.33. The molecule has 0 radical (unpaired) electrons. The maximum absolute atomic E-state index is 5.33. The molecule has 0 amide bonds. The van der Waals surface area contributed by atoms with Gasteiger partial charge in [0, 0.05) is 0 Å². The zero-order chi connectivity index (χ0) is 7.56. The van der Waals surface area contributed by atoms with E-state index >= 15 is 0 Å². The molecular weight excluding hydrogens is 128 g/mol. The summed E-state index contributed by atoms with van der Waals surface area (Å²) in [4.78, 5) is 3.94. The maximum Gasteiger partial charge on any atom is 0.282 e. The van der Waals surface area contributed by atoms with Gasteiger partial charge in [-0.25, -0.2) is 4.99 Å². The maximum atomic E-state index is 5.33. The summed E-state index contributed by atoms with van der Waals surface area (Å²) in [6, 6.07) is 0.352. The first kappa shape index (κ1) is 7.38. The highest BCUT2D eigenvalue weighted by molar-refractivity contribution is 5.72. The third-order valence-electron chi connectivity index (χ3n) is 1.47. The second kappa shape index (κ2) is 2.90. The number of nitrogens with two attached hydrogens (primary N) is 1. The summed E-state index contributed by atoms with van der Waals surface area (Å²) in [6.45, 7) is 5.07. The molecule has 0 aromatic heterocycles. The van der Waals surface area contributed by atoms with Crippen molar-refractivity contribution >= 4 is 6.02 Å². The minimum absolute atomic E-state index is 0.236. The van der Waals surface area contributed by atoms with Crippen molar-refractivity contribution in [2.75, 3.05) is 6.54 Å². The molecule has 0 spiro atoms. The minimum Gasteiger partial charge on any atom is -0.460 e. The smallest absolute Gasteiger partial charge is 0.282 e. The molecule has 1 heterocycles. The normalized spacial score (nSPS) is 24.7. The lowest BCUT2D eigenvalue weighted by molar-refractivity contribution is 0.192. The summed E-state index contributed by atoms with van der Waals surface area (Å²) in [5, 5.41) is 0. The Morgan fingerprint density at radius 3 is 2.90 bits per heavy atom. The van der Waals surface area contributed by atoms with E-state index in [4.69, 9.17) is 10.5 Å². The zero-order valence-corrected chi connectivity index (χ0v) is 6.50. The van der Waals surface area contributed by atoms with Gasteiger partial charge in [0.2, 0.25) is 0 Å². The van der Waals surface area contributed by atoms with E-state index in [1.807, 2.05) is 0 Å². The monoisotopic (exact) mass is 142 g/mol. The third kappa shape index (κ3) is 1.90. The van der Waals surface area contributed by atoms with Crippen LogP contribution in [0.15, 0.2) is 4.99 Å². The summed E-state index contributed by atoms with van der Waals surface area (Å²) >= 11 is 0.